The first-order chi connectivity index (χ1) is 10.9. The zero-order chi connectivity index (χ0) is 17.0. The summed E-state index contributed by atoms with van der Waals surface area (Å²) in [6.07, 6.45) is 1.30. The Balaban J connectivity index is 1.83. The van der Waals surface area contributed by atoms with Crippen LogP contribution >= 0.6 is 11.6 Å². The Morgan fingerprint density at radius 3 is 2.74 bits per heavy atom. The van der Waals surface area contributed by atoms with Crippen molar-refractivity contribution >= 4 is 17.5 Å². The van der Waals surface area contributed by atoms with Crippen molar-refractivity contribution in [3.05, 3.63) is 40.2 Å². The normalized spacial score (nSPS) is 12.1. The van der Waals surface area contributed by atoms with Gasteiger partial charge in [-0.25, -0.2) is 0 Å². The van der Waals surface area contributed by atoms with Crippen LogP contribution in [-0.2, 0) is 17.6 Å². The van der Waals surface area contributed by atoms with Crippen LogP contribution < -0.4 is 5.32 Å². The van der Waals surface area contributed by atoms with Gasteiger partial charge in [-0.15, -0.1) is 0 Å². The molecule has 2 aromatic rings. The molecule has 0 spiro atoms. The number of benzene rings is 1. The van der Waals surface area contributed by atoms with Crippen LogP contribution in [0.4, 0.5) is 0 Å². The number of carbonyl (C=O) groups excluding carboxylic acids is 1. The number of aryl methyl sites for hydroxylation is 1. The van der Waals surface area contributed by atoms with Crippen molar-refractivity contribution in [1.82, 2.24) is 10.5 Å². The van der Waals surface area contributed by atoms with E-state index in [-0.39, 0.29) is 35.1 Å². The number of carbonyl (C=O) groups is 1. The number of hydrogen-bond donors (Lipinski definition) is 3. The Morgan fingerprint density at radius 1 is 1.39 bits per heavy atom. The van der Waals surface area contributed by atoms with E-state index in [1.54, 1.807) is 13.0 Å². The smallest absolute Gasteiger partial charge is 0.229 e. The Hall–Kier alpha value is -2.21. The summed E-state index contributed by atoms with van der Waals surface area (Å²) in [6, 6.07) is 4.51. The fourth-order valence-electron chi connectivity index (χ4n) is 2.33. The predicted molar refractivity (Wildman–Crippen MR) is 85.7 cm³/mol. The molecule has 0 fully saturated rings. The molecule has 2 rings (SSSR count). The Kier molecular flexibility index (Phi) is 5.50. The molecule has 6 nitrogen and oxygen atoms in total. The maximum absolute atomic E-state index is 12.0. The molecule has 124 valence electrons. The number of hydrogen-bond acceptors (Lipinski definition) is 5. The summed E-state index contributed by atoms with van der Waals surface area (Å²) in [7, 11) is 0. The molecular formula is C16H19ClN2O4. The maximum atomic E-state index is 12.0. The van der Waals surface area contributed by atoms with Gasteiger partial charge in [-0.3, -0.25) is 4.79 Å². The van der Waals surface area contributed by atoms with Gasteiger partial charge in [0.15, 0.2) is 11.5 Å². The van der Waals surface area contributed by atoms with Crippen molar-refractivity contribution in [3.63, 3.8) is 0 Å². The number of amides is 1. The van der Waals surface area contributed by atoms with Gasteiger partial charge in [-0.2, -0.15) is 0 Å². The molecule has 1 aromatic carbocycles. The van der Waals surface area contributed by atoms with Gasteiger partial charge in [0.05, 0.1) is 5.69 Å². The molecule has 0 radical (unpaired) electrons. The maximum Gasteiger partial charge on any atom is 0.229 e. The topological polar surface area (TPSA) is 95.6 Å². The number of nitrogens with one attached hydrogen (secondary N) is 1. The highest BCUT2D eigenvalue weighted by atomic mass is 35.5. The van der Waals surface area contributed by atoms with Crippen LogP contribution in [0.1, 0.15) is 30.2 Å². The molecule has 0 aliphatic carbocycles. The van der Waals surface area contributed by atoms with Crippen LogP contribution in [0.5, 0.6) is 11.5 Å². The molecule has 3 N–H and O–H groups in total. The Labute approximate surface area is 139 Å². The summed E-state index contributed by atoms with van der Waals surface area (Å²) in [5.41, 5.74) is 2.26. The zero-order valence-electron chi connectivity index (χ0n) is 13.0. The zero-order valence-corrected chi connectivity index (χ0v) is 13.7. The number of phenols is 2. The predicted octanol–water partition coefficient (Wildman–Crippen LogP) is 2.73. The standard InChI is InChI=1S/C16H19ClN2O4/c1-9(7-11-3-5-13(20)14(21)8-11)18-15(22)6-4-12-10(2)19-23-16(12)17/h3,5,8-9,20-21H,4,6-7H2,1-2H3,(H,18,22)/t9-/m0/s1. The monoisotopic (exact) mass is 338 g/mol. The van der Waals surface area contributed by atoms with Crippen molar-refractivity contribution in [1.29, 1.82) is 0 Å². The molecular weight excluding hydrogens is 320 g/mol. The third kappa shape index (κ3) is 4.63. The van der Waals surface area contributed by atoms with Crippen molar-refractivity contribution in [2.45, 2.75) is 39.2 Å². The first kappa shape index (κ1) is 17.1. The SMILES string of the molecule is Cc1noc(Cl)c1CCC(=O)N[C@@H](C)Cc1ccc(O)c(O)c1. The lowest BCUT2D eigenvalue weighted by atomic mass is 10.1. The molecule has 0 saturated carbocycles. The molecule has 1 amide bonds. The van der Waals surface area contributed by atoms with Gasteiger partial charge in [-0.1, -0.05) is 11.2 Å². The molecule has 1 aromatic heterocycles. The minimum atomic E-state index is -0.168. The van der Waals surface area contributed by atoms with Gasteiger partial charge in [0.1, 0.15) is 0 Å². The fourth-order valence-corrected chi connectivity index (χ4v) is 2.59. The van der Waals surface area contributed by atoms with Crippen molar-refractivity contribution < 1.29 is 19.5 Å². The van der Waals surface area contributed by atoms with E-state index in [9.17, 15) is 15.0 Å². The Bertz CT molecular complexity index is 680. The number of nitrogens with zero attached hydrogens (tertiary/aromatic N) is 1. The van der Waals surface area contributed by atoms with Gasteiger partial charge in [0.2, 0.25) is 11.1 Å². The van der Waals surface area contributed by atoms with Crippen LogP contribution in [0.3, 0.4) is 0 Å². The number of aromatic hydroxyl groups is 2. The van der Waals surface area contributed by atoms with E-state index < -0.39 is 0 Å². The van der Waals surface area contributed by atoms with E-state index in [2.05, 4.69) is 10.5 Å². The summed E-state index contributed by atoms with van der Waals surface area (Å²) >= 11 is 5.86. The average Bonchev–Trinajstić information content (AvgIpc) is 2.79. The highest BCUT2D eigenvalue weighted by Gasteiger charge is 2.14. The van der Waals surface area contributed by atoms with Crippen LogP contribution in [0.15, 0.2) is 22.7 Å². The van der Waals surface area contributed by atoms with E-state index in [0.29, 0.717) is 18.5 Å². The summed E-state index contributed by atoms with van der Waals surface area (Å²) in [5.74, 6) is -0.429. The lowest BCUT2D eigenvalue weighted by Gasteiger charge is -2.14. The number of phenolic OH excluding ortho intramolecular Hbond substituents is 2. The second-order valence-corrected chi connectivity index (χ2v) is 5.86. The van der Waals surface area contributed by atoms with Crippen molar-refractivity contribution in [2.75, 3.05) is 0 Å². The molecule has 0 aliphatic rings. The molecule has 7 heteroatoms. The molecule has 0 unspecified atom stereocenters. The van der Waals surface area contributed by atoms with E-state index in [4.69, 9.17) is 16.1 Å². The second kappa shape index (κ2) is 7.37. The number of aromatic nitrogens is 1. The summed E-state index contributed by atoms with van der Waals surface area (Å²) < 4.78 is 4.85. The molecule has 0 bridgehead atoms. The van der Waals surface area contributed by atoms with E-state index in [1.165, 1.54) is 12.1 Å². The first-order valence-corrected chi connectivity index (χ1v) is 7.65. The molecule has 23 heavy (non-hydrogen) atoms. The minimum absolute atomic E-state index is 0.0998. The third-order valence-corrected chi connectivity index (χ3v) is 3.83. The second-order valence-electron chi connectivity index (χ2n) is 5.52. The first-order valence-electron chi connectivity index (χ1n) is 7.27. The van der Waals surface area contributed by atoms with Crippen LogP contribution in [0.2, 0.25) is 5.22 Å². The quantitative estimate of drug-likeness (QED) is 0.704. The van der Waals surface area contributed by atoms with Gasteiger partial charge in [-0.05, 0) is 56.0 Å². The molecule has 1 atom stereocenters. The molecule has 0 saturated heterocycles. The van der Waals surface area contributed by atoms with Gasteiger partial charge in [0.25, 0.3) is 0 Å². The van der Waals surface area contributed by atoms with E-state index in [0.717, 1.165) is 11.1 Å². The van der Waals surface area contributed by atoms with Gasteiger partial charge < -0.3 is 20.1 Å². The summed E-state index contributed by atoms with van der Waals surface area (Å²) in [6.45, 7) is 3.65. The van der Waals surface area contributed by atoms with Gasteiger partial charge in [0, 0.05) is 18.0 Å². The summed E-state index contributed by atoms with van der Waals surface area (Å²) in [4.78, 5) is 12.0. The number of rotatable bonds is 6. The lowest BCUT2D eigenvalue weighted by Crippen LogP contribution is -2.34. The lowest BCUT2D eigenvalue weighted by molar-refractivity contribution is -0.121. The van der Waals surface area contributed by atoms with Crippen molar-refractivity contribution in [2.24, 2.45) is 0 Å². The van der Waals surface area contributed by atoms with Crippen LogP contribution in [0.25, 0.3) is 0 Å². The van der Waals surface area contributed by atoms with Crippen LogP contribution in [-0.4, -0.2) is 27.3 Å². The van der Waals surface area contributed by atoms with Crippen molar-refractivity contribution in [3.8, 4) is 11.5 Å². The highest BCUT2D eigenvalue weighted by molar-refractivity contribution is 6.29. The largest absolute Gasteiger partial charge is 0.504 e. The van der Waals surface area contributed by atoms with E-state index >= 15 is 0 Å². The van der Waals surface area contributed by atoms with Gasteiger partial charge >= 0.3 is 0 Å². The average molecular weight is 339 g/mol. The third-order valence-electron chi connectivity index (χ3n) is 3.53. The fraction of sp³-hybridized carbons (Fsp3) is 0.375. The molecule has 1 heterocycles. The molecule has 0 aliphatic heterocycles. The highest BCUT2D eigenvalue weighted by Crippen LogP contribution is 2.25. The Morgan fingerprint density at radius 2 is 2.13 bits per heavy atom. The summed E-state index contributed by atoms with van der Waals surface area (Å²) in [5, 5.41) is 25.6. The number of halogens is 1. The minimum Gasteiger partial charge on any atom is -0.504 e. The van der Waals surface area contributed by atoms with Crippen LogP contribution in [0, 0.1) is 6.92 Å². The van der Waals surface area contributed by atoms with E-state index in [1.807, 2.05) is 6.92 Å².